The van der Waals surface area contributed by atoms with Gasteiger partial charge in [-0.2, -0.15) is 0 Å². The molecule has 0 aliphatic carbocycles. The standard InChI is InChI=1S/C33H39N7O7/c1-19(41)27(14-21-16-36-25-6-4-3-5-24(21)25)39-33(47)29(13-20-7-9-23(42)10-8-20)40-31(45)26(11-12-30(43)44)38-32(46)28(34-2)15-22-17-35-18-37-22/h3-10,16-18,26-29,34,36,42H,11-15H2,1-2H3,(H,35,37)(H,38,46)(H,39,47)(H,40,45)(H,43,44)/t26-,27-,28-,29-/m0/s1. The number of hydrogen-bond donors (Lipinski definition) is 8. The number of Topliss-reactive ketones (excluding diaryl/α,β-unsaturated/α-hetero) is 1. The number of para-hydroxylation sites is 1. The molecule has 14 heteroatoms. The molecule has 2 heterocycles. The summed E-state index contributed by atoms with van der Waals surface area (Å²) in [6.45, 7) is 1.37. The first-order valence-corrected chi connectivity index (χ1v) is 15.1. The fourth-order valence-corrected chi connectivity index (χ4v) is 5.19. The highest BCUT2D eigenvalue weighted by molar-refractivity contribution is 5.95. The molecular weight excluding hydrogens is 606 g/mol. The smallest absolute Gasteiger partial charge is 0.303 e. The molecule has 0 saturated heterocycles. The number of phenolic OH excluding ortho intramolecular Hbond substituents is 1. The molecular formula is C33H39N7O7. The number of amides is 3. The Balaban J connectivity index is 1.54. The molecule has 4 rings (SSSR count). The van der Waals surface area contributed by atoms with Gasteiger partial charge in [0.15, 0.2) is 5.78 Å². The van der Waals surface area contributed by atoms with Crippen molar-refractivity contribution in [2.24, 2.45) is 0 Å². The van der Waals surface area contributed by atoms with Gasteiger partial charge < -0.3 is 41.4 Å². The highest BCUT2D eigenvalue weighted by Gasteiger charge is 2.31. The van der Waals surface area contributed by atoms with E-state index in [9.17, 15) is 34.2 Å². The summed E-state index contributed by atoms with van der Waals surface area (Å²) in [7, 11) is 1.58. The van der Waals surface area contributed by atoms with E-state index in [2.05, 4.69) is 36.2 Å². The first-order chi connectivity index (χ1) is 22.5. The second kappa shape index (κ2) is 16.2. The molecule has 47 heavy (non-hydrogen) atoms. The van der Waals surface area contributed by atoms with Crippen molar-refractivity contribution in [2.45, 2.75) is 63.2 Å². The van der Waals surface area contributed by atoms with Gasteiger partial charge in [-0.3, -0.25) is 24.0 Å². The Morgan fingerprint density at radius 2 is 1.47 bits per heavy atom. The molecule has 0 fully saturated rings. The van der Waals surface area contributed by atoms with Crippen LogP contribution in [0.3, 0.4) is 0 Å². The maximum absolute atomic E-state index is 13.8. The van der Waals surface area contributed by atoms with Crippen molar-refractivity contribution in [1.82, 2.24) is 36.2 Å². The van der Waals surface area contributed by atoms with Gasteiger partial charge in [-0.15, -0.1) is 0 Å². The number of likely N-dealkylation sites (N-methyl/N-ethyl adjacent to an activating group) is 1. The number of aliphatic carboxylic acids is 1. The topological polar surface area (TPSA) is 218 Å². The minimum absolute atomic E-state index is 0.0137. The maximum atomic E-state index is 13.8. The number of carbonyl (C=O) groups is 5. The number of nitrogens with one attached hydrogen (secondary N) is 6. The molecule has 4 atom stereocenters. The van der Waals surface area contributed by atoms with E-state index < -0.39 is 54.3 Å². The van der Waals surface area contributed by atoms with Crippen LogP contribution >= 0.6 is 0 Å². The number of aromatic nitrogens is 3. The molecule has 0 aliphatic rings. The van der Waals surface area contributed by atoms with E-state index in [1.165, 1.54) is 25.4 Å². The van der Waals surface area contributed by atoms with Crippen LogP contribution in [0.4, 0.5) is 0 Å². The summed E-state index contributed by atoms with van der Waals surface area (Å²) < 4.78 is 0. The number of rotatable bonds is 17. The Labute approximate surface area is 270 Å². The number of benzene rings is 2. The molecule has 4 aromatic rings. The first-order valence-electron chi connectivity index (χ1n) is 15.1. The van der Waals surface area contributed by atoms with Gasteiger partial charge in [0.1, 0.15) is 17.8 Å². The Hall–Kier alpha value is -5.50. The van der Waals surface area contributed by atoms with Gasteiger partial charge in [0.2, 0.25) is 17.7 Å². The molecule has 248 valence electrons. The highest BCUT2D eigenvalue weighted by Crippen LogP contribution is 2.20. The molecule has 14 nitrogen and oxygen atoms in total. The van der Waals surface area contributed by atoms with Gasteiger partial charge >= 0.3 is 5.97 Å². The Morgan fingerprint density at radius 1 is 0.809 bits per heavy atom. The molecule has 0 aliphatic heterocycles. The summed E-state index contributed by atoms with van der Waals surface area (Å²) in [5.41, 5.74) is 2.98. The number of ketones is 1. The minimum atomic E-state index is -1.29. The Morgan fingerprint density at radius 3 is 2.13 bits per heavy atom. The van der Waals surface area contributed by atoms with Crippen LogP contribution in [0.2, 0.25) is 0 Å². The third-order valence-electron chi connectivity index (χ3n) is 7.84. The number of carbonyl (C=O) groups excluding carboxylic acids is 4. The lowest BCUT2D eigenvalue weighted by molar-refractivity contribution is -0.138. The van der Waals surface area contributed by atoms with E-state index in [-0.39, 0.29) is 37.2 Å². The fourth-order valence-electron chi connectivity index (χ4n) is 5.19. The number of hydrogen-bond acceptors (Lipinski definition) is 8. The monoisotopic (exact) mass is 645 g/mol. The normalized spacial score (nSPS) is 13.7. The third kappa shape index (κ3) is 9.74. The molecule has 8 N–H and O–H groups in total. The molecule has 3 amide bonds. The molecule has 0 radical (unpaired) electrons. The summed E-state index contributed by atoms with van der Waals surface area (Å²) in [5.74, 6) is -3.42. The zero-order valence-electron chi connectivity index (χ0n) is 26.1. The van der Waals surface area contributed by atoms with E-state index >= 15 is 0 Å². The number of imidazole rings is 1. The van der Waals surface area contributed by atoms with Crippen LogP contribution in [-0.4, -0.2) is 85.9 Å². The number of carboxylic acid groups (broad SMARTS) is 1. The number of carboxylic acids is 1. The Kier molecular flexibility index (Phi) is 11.8. The molecule has 0 saturated carbocycles. The van der Waals surface area contributed by atoms with Gasteiger partial charge in [0.25, 0.3) is 0 Å². The van der Waals surface area contributed by atoms with Crippen LogP contribution in [0, 0.1) is 0 Å². The maximum Gasteiger partial charge on any atom is 0.303 e. The van der Waals surface area contributed by atoms with E-state index in [0.717, 1.165) is 16.5 Å². The molecule has 0 unspecified atom stereocenters. The van der Waals surface area contributed by atoms with Crippen molar-refractivity contribution in [3.63, 3.8) is 0 Å². The Bertz CT molecular complexity index is 1680. The van der Waals surface area contributed by atoms with Crippen molar-refractivity contribution >= 4 is 40.4 Å². The average Bonchev–Trinajstić information content (AvgIpc) is 3.72. The van der Waals surface area contributed by atoms with Gasteiger partial charge in [-0.1, -0.05) is 30.3 Å². The van der Waals surface area contributed by atoms with Crippen molar-refractivity contribution in [1.29, 1.82) is 0 Å². The molecule has 2 aromatic carbocycles. The molecule has 0 bridgehead atoms. The van der Waals surface area contributed by atoms with Crippen LogP contribution in [-0.2, 0) is 43.2 Å². The number of aromatic hydroxyl groups is 1. The highest BCUT2D eigenvalue weighted by atomic mass is 16.4. The van der Waals surface area contributed by atoms with E-state index in [0.29, 0.717) is 11.3 Å². The predicted molar refractivity (Wildman–Crippen MR) is 172 cm³/mol. The van der Waals surface area contributed by atoms with Crippen molar-refractivity contribution in [2.75, 3.05) is 7.05 Å². The van der Waals surface area contributed by atoms with Crippen LogP contribution in [0.5, 0.6) is 5.75 Å². The van der Waals surface area contributed by atoms with Crippen molar-refractivity contribution in [3.8, 4) is 5.75 Å². The van der Waals surface area contributed by atoms with E-state index in [4.69, 9.17) is 0 Å². The number of H-pyrrole nitrogens is 2. The van der Waals surface area contributed by atoms with Crippen molar-refractivity contribution < 1.29 is 34.2 Å². The lowest BCUT2D eigenvalue weighted by atomic mass is 10.00. The van der Waals surface area contributed by atoms with Gasteiger partial charge in [0.05, 0.1) is 18.4 Å². The van der Waals surface area contributed by atoms with E-state index in [1.807, 2.05) is 24.3 Å². The SMILES string of the molecule is CN[C@@H](Cc1cnc[nH]1)C(=O)N[C@@H](CCC(=O)O)C(=O)N[C@@H](Cc1ccc(O)cc1)C(=O)N[C@@H](Cc1c[nH]c2ccccc12)C(C)=O. The number of phenols is 1. The van der Waals surface area contributed by atoms with Crippen LogP contribution < -0.4 is 21.3 Å². The van der Waals surface area contributed by atoms with Gasteiger partial charge in [-0.25, -0.2) is 4.98 Å². The quantitative estimate of drug-likeness (QED) is 0.0824. The second-order valence-corrected chi connectivity index (χ2v) is 11.3. The predicted octanol–water partition coefficient (Wildman–Crippen LogP) is 1.12. The zero-order chi connectivity index (χ0) is 33.9. The largest absolute Gasteiger partial charge is 0.508 e. The number of nitrogens with zero attached hydrogens (tertiary/aromatic N) is 1. The lowest BCUT2D eigenvalue weighted by Crippen LogP contribution is -2.58. The van der Waals surface area contributed by atoms with Gasteiger partial charge in [-0.05, 0) is 49.7 Å². The summed E-state index contributed by atoms with van der Waals surface area (Å²) in [6.07, 6.45) is 4.56. The number of aromatic amines is 2. The molecule has 2 aromatic heterocycles. The first kappa shape index (κ1) is 34.4. The zero-order valence-corrected chi connectivity index (χ0v) is 26.1. The van der Waals surface area contributed by atoms with Crippen LogP contribution in [0.1, 0.15) is 36.6 Å². The van der Waals surface area contributed by atoms with Crippen LogP contribution in [0.15, 0.2) is 67.3 Å². The average molecular weight is 646 g/mol. The summed E-state index contributed by atoms with van der Waals surface area (Å²) >= 11 is 0. The summed E-state index contributed by atoms with van der Waals surface area (Å²) in [6, 6.07) is 9.44. The summed E-state index contributed by atoms with van der Waals surface area (Å²) in [4.78, 5) is 74.8. The van der Waals surface area contributed by atoms with Gasteiger partial charge in [0, 0.05) is 54.7 Å². The van der Waals surface area contributed by atoms with Crippen LogP contribution in [0.25, 0.3) is 10.9 Å². The summed E-state index contributed by atoms with van der Waals surface area (Å²) in [5, 5.41) is 30.9. The molecule has 0 spiro atoms. The van der Waals surface area contributed by atoms with Crippen molar-refractivity contribution in [3.05, 3.63) is 84.1 Å². The second-order valence-electron chi connectivity index (χ2n) is 11.3. The fraction of sp³-hybridized carbons (Fsp3) is 0.333. The van der Waals surface area contributed by atoms with E-state index in [1.54, 1.807) is 31.6 Å². The number of fused-ring (bicyclic) bond motifs is 1. The minimum Gasteiger partial charge on any atom is -0.508 e. The third-order valence-corrected chi connectivity index (χ3v) is 7.84. The lowest BCUT2D eigenvalue weighted by Gasteiger charge is -2.26.